The van der Waals surface area contributed by atoms with Crippen LogP contribution in [0.3, 0.4) is 0 Å². The largest absolute Gasteiger partial charge is 0.444 e. The number of alkyl carbamates (subject to hydrolysis) is 1. The van der Waals surface area contributed by atoms with Crippen LogP contribution in [0, 0.1) is 0 Å². The summed E-state index contributed by atoms with van der Waals surface area (Å²) in [4.78, 5) is 32.8. The molecule has 2 heterocycles. The molecule has 1 aromatic rings. The van der Waals surface area contributed by atoms with Crippen molar-refractivity contribution < 1.29 is 19.4 Å². The van der Waals surface area contributed by atoms with Crippen molar-refractivity contribution in [2.24, 2.45) is 0 Å². The van der Waals surface area contributed by atoms with Gasteiger partial charge in [-0.2, -0.15) is 0 Å². The van der Waals surface area contributed by atoms with Gasteiger partial charge in [0.25, 0.3) is 5.91 Å². The van der Waals surface area contributed by atoms with Crippen molar-refractivity contribution in [3.63, 3.8) is 0 Å². The Morgan fingerprint density at radius 3 is 2.57 bits per heavy atom. The van der Waals surface area contributed by atoms with Gasteiger partial charge < -0.3 is 20.1 Å². The van der Waals surface area contributed by atoms with Gasteiger partial charge in [0.15, 0.2) is 0 Å². The number of thiazole rings is 1. The number of rotatable bonds is 7. The highest BCUT2D eigenvalue weighted by Gasteiger charge is 2.26. The highest BCUT2D eigenvalue weighted by molar-refractivity contribution is 7.09. The number of amides is 2. The van der Waals surface area contributed by atoms with Gasteiger partial charge in [-0.15, -0.1) is 11.3 Å². The average Bonchev–Trinajstić information content (AvgIpc) is 3.10. The number of carbonyl (C=O) groups is 2. The minimum atomic E-state index is -0.525. The standard InChI is InChI=1S/C19H32N4O4S/c1-5-14(12-24)22-8-10-23(11-9-22)17(25)15-13-28-16(21-15)6-7-20-18(26)27-19(2,3)4/h13-14,24H,5-12H2,1-4H3,(H,20,26)/t14-/m1/s1. The number of hydrogen-bond acceptors (Lipinski definition) is 7. The summed E-state index contributed by atoms with van der Waals surface area (Å²) in [5.74, 6) is -0.0562. The van der Waals surface area contributed by atoms with E-state index in [9.17, 15) is 14.7 Å². The van der Waals surface area contributed by atoms with Crippen LogP contribution in [-0.2, 0) is 11.2 Å². The number of nitrogens with zero attached hydrogens (tertiary/aromatic N) is 3. The molecule has 2 amide bonds. The summed E-state index contributed by atoms with van der Waals surface area (Å²) in [6.07, 6.45) is 1.00. The van der Waals surface area contributed by atoms with E-state index < -0.39 is 11.7 Å². The minimum Gasteiger partial charge on any atom is -0.444 e. The first-order valence-electron chi connectivity index (χ1n) is 9.79. The molecule has 8 nitrogen and oxygen atoms in total. The molecule has 158 valence electrons. The first kappa shape index (κ1) is 22.6. The second-order valence-electron chi connectivity index (χ2n) is 7.88. The molecule has 28 heavy (non-hydrogen) atoms. The number of carbonyl (C=O) groups excluding carboxylic acids is 2. The maximum atomic E-state index is 12.7. The zero-order valence-corrected chi connectivity index (χ0v) is 18.0. The monoisotopic (exact) mass is 412 g/mol. The third kappa shape index (κ3) is 6.72. The van der Waals surface area contributed by atoms with E-state index in [-0.39, 0.29) is 18.6 Å². The Morgan fingerprint density at radius 1 is 1.32 bits per heavy atom. The van der Waals surface area contributed by atoms with Crippen LogP contribution in [-0.4, -0.2) is 82.9 Å². The Labute approximate surface area is 170 Å². The molecule has 1 atom stereocenters. The lowest BCUT2D eigenvalue weighted by Crippen LogP contribution is -2.52. The van der Waals surface area contributed by atoms with Crippen molar-refractivity contribution in [1.29, 1.82) is 0 Å². The Hall–Kier alpha value is -1.71. The van der Waals surface area contributed by atoms with Gasteiger partial charge in [0, 0.05) is 50.6 Å². The second kappa shape index (κ2) is 10.2. The van der Waals surface area contributed by atoms with Crippen molar-refractivity contribution in [2.45, 2.75) is 52.2 Å². The van der Waals surface area contributed by atoms with Crippen LogP contribution in [0.1, 0.15) is 49.6 Å². The van der Waals surface area contributed by atoms with Crippen LogP contribution < -0.4 is 5.32 Å². The van der Waals surface area contributed by atoms with Crippen LogP contribution in [0.15, 0.2) is 5.38 Å². The molecule has 1 aromatic heterocycles. The van der Waals surface area contributed by atoms with Gasteiger partial charge in [0.1, 0.15) is 11.3 Å². The molecule has 0 saturated carbocycles. The smallest absolute Gasteiger partial charge is 0.407 e. The summed E-state index contributed by atoms with van der Waals surface area (Å²) in [6.45, 7) is 10.9. The molecule has 0 bridgehead atoms. The molecule has 1 aliphatic rings. The minimum absolute atomic E-state index is 0.0562. The third-order valence-corrected chi connectivity index (χ3v) is 5.49. The van der Waals surface area contributed by atoms with E-state index in [0.717, 1.165) is 24.5 Å². The second-order valence-corrected chi connectivity index (χ2v) is 8.82. The number of piperazine rings is 1. The van der Waals surface area contributed by atoms with E-state index in [1.807, 2.05) is 25.7 Å². The lowest BCUT2D eigenvalue weighted by Gasteiger charge is -2.38. The highest BCUT2D eigenvalue weighted by Crippen LogP contribution is 2.15. The summed E-state index contributed by atoms with van der Waals surface area (Å²) >= 11 is 1.43. The Balaban J connectivity index is 1.79. The van der Waals surface area contributed by atoms with Crippen LogP contribution in [0.25, 0.3) is 0 Å². The zero-order chi connectivity index (χ0) is 20.7. The lowest BCUT2D eigenvalue weighted by molar-refractivity contribution is 0.0467. The van der Waals surface area contributed by atoms with E-state index in [1.165, 1.54) is 11.3 Å². The normalized spacial score (nSPS) is 16.7. The first-order valence-corrected chi connectivity index (χ1v) is 10.7. The molecule has 1 saturated heterocycles. The van der Waals surface area contributed by atoms with Gasteiger partial charge in [-0.05, 0) is 27.2 Å². The van der Waals surface area contributed by atoms with E-state index in [1.54, 1.807) is 5.38 Å². The van der Waals surface area contributed by atoms with Gasteiger partial charge in [0.2, 0.25) is 0 Å². The summed E-state index contributed by atoms with van der Waals surface area (Å²) < 4.78 is 5.19. The number of aliphatic hydroxyl groups is 1. The van der Waals surface area contributed by atoms with Gasteiger partial charge in [0.05, 0.1) is 11.6 Å². The quantitative estimate of drug-likeness (QED) is 0.708. The Morgan fingerprint density at radius 2 is 2.00 bits per heavy atom. The van der Waals surface area contributed by atoms with Crippen molar-refractivity contribution in [3.8, 4) is 0 Å². The van der Waals surface area contributed by atoms with Gasteiger partial charge in [-0.25, -0.2) is 9.78 Å². The van der Waals surface area contributed by atoms with E-state index >= 15 is 0 Å². The fourth-order valence-corrected chi connectivity index (χ4v) is 3.84. The van der Waals surface area contributed by atoms with Crippen molar-refractivity contribution >= 4 is 23.3 Å². The zero-order valence-electron chi connectivity index (χ0n) is 17.2. The molecule has 0 unspecified atom stereocenters. The third-order valence-electron chi connectivity index (χ3n) is 4.58. The fourth-order valence-electron chi connectivity index (χ4n) is 3.06. The number of aliphatic hydroxyl groups excluding tert-OH is 1. The Kier molecular flexibility index (Phi) is 8.21. The average molecular weight is 413 g/mol. The maximum absolute atomic E-state index is 12.7. The molecule has 9 heteroatoms. The van der Waals surface area contributed by atoms with Crippen LogP contribution in [0.2, 0.25) is 0 Å². The highest BCUT2D eigenvalue weighted by atomic mass is 32.1. The van der Waals surface area contributed by atoms with Gasteiger partial charge >= 0.3 is 6.09 Å². The Bertz CT molecular complexity index is 647. The summed E-state index contributed by atoms with van der Waals surface area (Å²) in [5.41, 5.74) is -0.0663. The van der Waals surface area contributed by atoms with Crippen molar-refractivity contribution in [3.05, 3.63) is 16.1 Å². The SMILES string of the molecule is CC[C@H](CO)N1CCN(C(=O)c2csc(CCNC(=O)OC(C)(C)C)n2)CC1. The summed E-state index contributed by atoms with van der Waals surface area (Å²) in [7, 11) is 0. The molecule has 0 aliphatic carbocycles. The topological polar surface area (TPSA) is 95.0 Å². The molecule has 1 fully saturated rings. The maximum Gasteiger partial charge on any atom is 0.407 e. The van der Waals surface area contributed by atoms with Crippen LogP contribution in [0.4, 0.5) is 4.79 Å². The first-order chi connectivity index (χ1) is 13.2. The van der Waals surface area contributed by atoms with E-state index in [0.29, 0.717) is 31.7 Å². The molecular formula is C19H32N4O4S. The predicted molar refractivity (Wildman–Crippen MR) is 109 cm³/mol. The number of nitrogens with one attached hydrogen (secondary N) is 1. The molecule has 1 aliphatic heterocycles. The molecular weight excluding hydrogens is 380 g/mol. The van der Waals surface area contributed by atoms with Gasteiger partial charge in [-0.1, -0.05) is 6.92 Å². The van der Waals surface area contributed by atoms with Gasteiger partial charge in [-0.3, -0.25) is 9.69 Å². The lowest BCUT2D eigenvalue weighted by atomic mass is 10.1. The number of ether oxygens (including phenoxy) is 1. The number of aromatic nitrogens is 1. The predicted octanol–water partition coefficient (Wildman–Crippen LogP) is 1.74. The van der Waals surface area contributed by atoms with E-state index in [2.05, 4.69) is 22.1 Å². The molecule has 2 N–H and O–H groups in total. The summed E-state index contributed by atoms with van der Waals surface area (Å²) in [6, 6.07) is 0.167. The molecule has 2 rings (SSSR count). The van der Waals surface area contributed by atoms with Crippen molar-refractivity contribution in [2.75, 3.05) is 39.3 Å². The summed E-state index contributed by atoms with van der Waals surface area (Å²) in [5, 5.41) is 14.7. The number of hydrogen-bond donors (Lipinski definition) is 2. The molecule has 0 radical (unpaired) electrons. The fraction of sp³-hybridized carbons (Fsp3) is 0.737. The van der Waals surface area contributed by atoms with Crippen LogP contribution in [0.5, 0.6) is 0 Å². The van der Waals surface area contributed by atoms with E-state index in [4.69, 9.17) is 4.74 Å². The molecule has 0 aromatic carbocycles. The van der Waals surface area contributed by atoms with Crippen molar-refractivity contribution in [1.82, 2.24) is 20.1 Å². The molecule has 0 spiro atoms. The van der Waals surface area contributed by atoms with Crippen LogP contribution >= 0.6 is 11.3 Å².